The van der Waals surface area contributed by atoms with Gasteiger partial charge in [0.2, 0.25) is 0 Å². The molecular weight excluding hydrogens is 341 g/mol. The third-order valence-electron chi connectivity index (χ3n) is 3.35. The maximum Gasteiger partial charge on any atom is 0.418 e. The van der Waals surface area contributed by atoms with Gasteiger partial charge in [-0.3, -0.25) is 9.59 Å². The van der Waals surface area contributed by atoms with Gasteiger partial charge in [0.15, 0.2) is 5.69 Å². The molecule has 1 atom stereocenters. The predicted octanol–water partition coefficient (Wildman–Crippen LogP) is 2.27. The molecule has 1 aromatic heterocycles. The second-order valence-corrected chi connectivity index (χ2v) is 5.37. The van der Waals surface area contributed by atoms with Crippen molar-refractivity contribution in [1.82, 2.24) is 20.3 Å². The van der Waals surface area contributed by atoms with Gasteiger partial charge in [-0.1, -0.05) is 17.3 Å². The second-order valence-electron chi connectivity index (χ2n) is 5.37. The summed E-state index contributed by atoms with van der Waals surface area (Å²) in [5.74, 6) is -1.63. The molecule has 1 unspecified atom stereocenters. The third-order valence-corrected chi connectivity index (χ3v) is 3.35. The van der Waals surface area contributed by atoms with Crippen LogP contribution in [0, 0.1) is 0 Å². The first-order valence-electron chi connectivity index (χ1n) is 7.30. The van der Waals surface area contributed by atoms with Gasteiger partial charge < -0.3 is 10.4 Å². The van der Waals surface area contributed by atoms with Crippen LogP contribution >= 0.6 is 0 Å². The van der Waals surface area contributed by atoms with Crippen LogP contribution in [-0.4, -0.2) is 38.0 Å². The lowest BCUT2D eigenvalue weighted by Crippen LogP contribution is -2.33. The van der Waals surface area contributed by atoms with E-state index in [-0.39, 0.29) is 24.2 Å². The first-order chi connectivity index (χ1) is 11.7. The summed E-state index contributed by atoms with van der Waals surface area (Å²) in [5.41, 5.74) is -1.32. The fourth-order valence-corrected chi connectivity index (χ4v) is 2.11. The van der Waals surface area contributed by atoms with Crippen molar-refractivity contribution in [2.24, 2.45) is 0 Å². The van der Waals surface area contributed by atoms with Crippen molar-refractivity contribution in [3.8, 4) is 5.69 Å². The van der Waals surface area contributed by atoms with Crippen LogP contribution in [0.1, 0.15) is 35.8 Å². The minimum Gasteiger partial charge on any atom is -0.481 e. The minimum atomic E-state index is -4.57. The van der Waals surface area contributed by atoms with E-state index in [1.807, 2.05) is 0 Å². The molecule has 7 nitrogen and oxygen atoms in total. The zero-order valence-corrected chi connectivity index (χ0v) is 13.1. The Morgan fingerprint density at radius 3 is 2.64 bits per heavy atom. The molecular formula is C15H15F3N4O3. The SMILES string of the molecule is CC(CCC(=O)O)NC(=O)c1cn(-c2ccccc2C(F)(F)F)nn1. The summed E-state index contributed by atoms with van der Waals surface area (Å²) in [6.07, 6.45) is -3.39. The monoisotopic (exact) mass is 356 g/mol. The van der Waals surface area contributed by atoms with Gasteiger partial charge in [-0.2, -0.15) is 13.2 Å². The molecule has 0 bridgehead atoms. The third kappa shape index (κ3) is 4.78. The smallest absolute Gasteiger partial charge is 0.418 e. The molecule has 0 aliphatic carbocycles. The molecule has 0 saturated carbocycles. The summed E-state index contributed by atoms with van der Waals surface area (Å²) in [4.78, 5) is 22.5. The summed E-state index contributed by atoms with van der Waals surface area (Å²) < 4.78 is 40.0. The molecule has 2 N–H and O–H groups in total. The van der Waals surface area contributed by atoms with Gasteiger partial charge in [0.05, 0.1) is 17.4 Å². The fourth-order valence-electron chi connectivity index (χ4n) is 2.11. The van der Waals surface area contributed by atoms with E-state index < -0.39 is 29.7 Å². The number of carboxylic acids is 1. The zero-order valence-electron chi connectivity index (χ0n) is 13.1. The fraction of sp³-hybridized carbons (Fsp3) is 0.333. The van der Waals surface area contributed by atoms with E-state index in [4.69, 9.17) is 5.11 Å². The first-order valence-corrected chi connectivity index (χ1v) is 7.30. The lowest BCUT2D eigenvalue weighted by atomic mass is 10.1. The highest BCUT2D eigenvalue weighted by Crippen LogP contribution is 2.33. The van der Waals surface area contributed by atoms with Crippen molar-refractivity contribution >= 4 is 11.9 Å². The van der Waals surface area contributed by atoms with Crippen LogP contribution in [0.15, 0.2) is 30.5 Å². The van der Waals surface area contributed by atoms with Gasteiger partial charge in [0.25, 0.3) is 5.91 Å². The number of carboxylic acid groups (broad SMARTS) is 1. The van der Waals surface area contributed by atoms with Crippen LogP contribution in [-0.2, 0) is 11.0 Å². The van der Waals surface area contributed by atoms with Crippen LogP contribution < -0.4 is 5.32 Å². The molecule has 10 heteroatoms. The summed E-state index contributed by atoms with van der Waals surface area (Å²) in [5, 5.41) is 18.3. The summed E-state index contributed by atoms with van der Waals surface area (Å²) in [6.45, 7) is 1.62. The Kier molecular flexibility index (Phi) is 5.40. The highest BCUT2D eigenvalue weighted by atomic mass is 19.4. The van der Waals surface area contributed by atoms with Gasteiger partial charge in [-0.15, -0.1) is 5.10 Å². The molecule has 0 aliphatic rings. The lowest BCUT2D eigenvalue weighted by Gasteiger charge is -2.12. The molecule has 0 saturated heterocycles. The topological polar surface area (TPSA) is 97.1 Å². The summed E-state index contributed by atoms with van der Waals surface area (Å²) in [6, 6.07) is 4.36. The Hall–Kier alpha value is -2.91. The minimum absolute atomic E-state index is 0.118. The number of carbonyl (C=O) groups excluding carboxylic acids is 1. The number of nitrogens with zero attached hydrogens (tertiary/aromatic N) is 3. The van der Waals surface area contributed by atoms with Gasteiger partial charge in [0.1, 0.15) is 0 Å². The Morgan fingerprint density at radius 2 is 2.00 bits per heavy atom. The molecule has 1 aromatic carbocycles. The molecule has 134 valence electrons. The maximum absolute atomic E-state index is 13.0. The highest BCUT2D eigenvalue weighted by Gasteiger charge is 2.34. The molecule has 2 aromatic rings. The number of aliphatic carboxylic acids is 1. The normalized spacial score (nSPS) is 12.6. The quantitative estimate of drug-likeness (QED) is 0.828. The van der Waals surface area contributed by atoms with Crippen LogP contribution in [0.2, 0.25) is 0 Å². The van der Waals surface area contributed by atoms with E-state index >= 15 is 0 Å². The first kappa shape index (κ1) is 18.4. The standard InChI is InChI=1S/C15H15F3N4O3/c1-9(6-7-13(23)24)19-14(25)11-8-22(21-20-11)12-5-3-2-4-10(12)15(16,17)18/h2-5,8-9H,6-7H2,1H3,(H,19,25)(H,23,24). The Bertz CT molecular complexity index is 773. The molecule has 1 amide bonds. The average molecular weight is 356 g/mol. The number of benzene rings is 1. The van der Waals surface area contributed by atoms with Gasteiger partial charge in [-0.25, -0.2) is 4.68 Å². The van der Waals surface area contributed by atoms with Crippen molar-refractivity contribution < 1.29 is 27.9 Å². The van der Waals surface area contributed by atoms with Crippen LogP contribution in [0.25, 0.3) is 5.69 Å². The largest absolute Gasteiger partial charge is 0.481 e. The number of amides is 1. The number of alkyl halides is 3. The Labute approximate surface area is 140 Å². The summed E-state index contributed by atoms with van der Waals surface area (Å²) in [7, 11) is 0. The van der Waals surface area contributed by atoms with Crippen LogP contribution in [0.4, 0.5) is 13.2 Å². The number of rotatable bonds is 6. The van der Waals surface area contributed by atoms with Gasteiger partial charge in [0, 0.05) is 12.5 Å². The number of para-hydroxylation sites is 1. The maximum atomic E-state index is 13.0. The highest BCUT2D eigenvalue weighted by molar-refractivity contribution is 5.92. The van der Waals surface area contributed by atoms with E-state index in [0.29, 0.717) is 0 Å². The van der Waals surface area contributed by atoms with E-state index in [2.05, 4.69) is 15.6 Å². The average Bonchev–Trinajstić information content (AvgIpc) is 3.02. The molecule has 1 heterocycles. The van der Waals surface area contributed by atoms with Crippen molar-refractivity contribution in [3.05, 3.63) is 41.7 Å². The number of halogens is 3. The number of carbonyl (C=O) groups is 2. The molecule has 0 spiro atoms. The molecule has 0 radical (unpaired) electrons. The van der Waals surface area contributed by atoms with Crippen molar-refractivity contribution in [3.63, 3.8) is 0 Å². The zero-order chi connectivity index (χ0) is 18.6. The van der Waals surface area contributed by atoms with Gasteiger partial charge in [-0.05, 0) is 25.5 Å². The number of hydrogen-bond donors (Lipinski definition) is 2. The van der Waals surface area contributed by atoms with Crippen molar-refractivity contribution in [2.75, 3.05) is 0 Å². The number of nitrogens with one attached hydrogen (secondary N) is 1. The lowest BCUT2D eigenvalue weighted by molar-refractivity contribution is -0.138. The van der Waals surface area contributed by atoms with Gasteiger partial charge >= 0.3 is 12.1 Å². The van der Waals surface area contributed by atoms with Crippen molar-refractivity contribution in [1.29, 1.82) is 0 Å². The predicted molar refractivity (Wildman–Crippen MR) is 80.2 cm³/mol. The molecule has 25 heavy (non-hydrogen) atoms. The van der Waals surface area contributed by atoms with Crippen LogP contribution in [0.5, 0.6) is 0 Å². The van der Waals surface area contributed by atoms with E-state index in [9.17, 15) is 22.8 Å². The Balaban J connectivity index is 2.15. The molecule has 0 aliphatic heterocycles. The van der Waals surface area contributed by atoms with Crippen molar-refractivity contribution in [2.45, 2.75) is 32.0 Å². The summed E-state index contributed by atoms with van der Waals surface area (Å²) >= 11 is 0. The van der Waals surface area contributed by atoms with E-state index in [0.717, 1.165) is 16.9 Å². The van der Waals surface area contributed by atoms with E-state index in [1.165, 1.54) is 18.2 Å². The van der Waals surface area contributed by atoms with E-state index in [1.54, 1.807) is 6.92 Å². The number of aromatic nitrogens is 3. The molecule has 0 fully saturated rings. The van der Waals surface area contributed by atoms with Crippen LogP contribution in [0.3, 0.4) is 0 Å². The second kappa shape index (κ2) is 7.32. The Morgan fingerprint density at radius 1 is 1.32 bits per heavy atom. The number of hydrogen-bond acceptors (Lipinski definition) is 4. The molecule has 2 rings (SSSR count).